The van der Waals surface area contributed by atoms with Crippen LogP contribution in [0.2, 0.25) is 0 Å². The molecule has 1 aliphatic rings. The molecule has 5 atom stereocenters. The SMILES string of the molecule is N[C@H]1CC[C@@H](O)[C@@H](O)[C@H](O)[C@@H]1O. The van der Waals surface area contributed by atoms with Crippen molar-refractivity contribution in [3.05, 3.63) is 0 Å². The van der Waals surface area contributed by atoms with Gasteiger partial charge in [0.15, 0.2) is 0 Å². The molecule has 1 aliphatic carbocycles. The van der Waals surface area contributed by atoms with Gasteiger partial charge in [0.05, 0.1) is 12.2 Å². The summed E-state index contributed by atoms with van der Waals surface area (Å²) in [5, 5.41) is 36.9. The minimum atomic E-state index is -1.35. The lowest BCUT2D eigenvalue weighted by atomic mass is 10.0. The van der Waals surface area contributed by atoms with E-state index in [1.165, 1.54) is 0 Å². The summed E-state index contributed by atoms with van der Waals surface area (Å²) in [7, 11) is 0. The average Bonchev–Trinajstić information content (AvgIpc) is 2.14. The number of rotatable bonds is 0. The molecule has 0 heterocycles. The molecule has 0 radical (unpaired) electrons. The van der Waals surface area contributed by atoms with Gasteiger partial charge in [-0.2, -0.15) is 0 Å². The minimum absolute atomic E-state index is 0.302. The first kappa shape index (κ1) is 9.88. The van der Waals surface area contributed by atoms with E-state index in [9.17, 15) is 20.4 Å². The maximum Gasteiger partial charge on any atom is 0.110 e. The van der Waals surface area contributed by atoms with E-state index in [2.05, 4.69) is 0 Å². The van der Waals surface area contributed by atoms with E-state index < -0.39 is 30.5 Å². The standard InChI is InChI=1S/C7H15NO4/c8-3-1-2-4(9)6(11)7(12)5(3)10/h3-7,9-12H,1-2,8H2/t3-,4+,5+,6+,7+/m0/s1. The van der Waals surface area contributed by atoms with Crippen LogP contribution in [0.1, 0.15) is 12.8 Å². The van der Waals surface area contributed by atoms with Crippen LogP contribution >= 0.6 is 0 Å². The topological polar surface area (TPSA) is 107 Å². The van der Waals surface area contributed by atoms with Gasteiger partial charge in [-0.3, -0.25) is 0 Å². The Bertz CT molecular complexity index is 138. The zero-order valence-electron chi connectivity index (χ0n) is 6.67. The third-order valence-corrected chi connectivity index (χ3v) is 2.33. The summed E-state index contributed by atoms with van der Waals surface area (Å²) in [6, 6.07) is -0.577. The minimum Gasteiger partial charge on any atom is -0.390 e. The van der Waals surface area contributed by atoms with Gasteiger partial charge < -0.3 is 26.2 Å². The fourth-order valence-electron chi connectivity index (χ4n) is 1.39. The molecule has 5 heteroatoms. The van der Waals surface area contributed by atoms with Gasteiger partial charge in [0.1, 0.15) is 12.2 Å². The largest absolute Gasteiger partial charge is 0.390 e. The molecule has 0 aliphatic heterocycles. The number of aliphatic hydroxyl groups excluding tert-OH is 4. The Hall–Kier alpha value is -0.200. The fraction of sp³-hybridized carbons (Fsp3) is 1.00. The predicted octanol–water partition coefficient (Wildman–Crippen LogP) is -2.45. The van der Waals surface area contributed by atoms with Gasteiger partial charge in [-0.15, -0.1) is 0 Å². The van der Waals surface area contributed by atoms with E-state index in [0.717, 1.165) is 0 Å². The second-order valence-corrected chi connectivity index (χ2v) is 3.28. The third kappa shape index (κ3) is 1.75. The van der Waals surface area contributed by atoms with E-state index in [-0.39, 0.29) is 0 Å². The summed E-state index contributed by atoms with van der Waals surface area (Å²) in [5.74, 6) is 0. The normalized spacial score (nSPS) is 50.2. The molecule has 5 nitrogen and oxygen atoms in total. The highest BCUT2D eigenvalue weighted by Gasteiger charge is 2.36. The summed E-state index contributed by atoms with van der Waals surface area (Å²) in [5.41, 5.74) is 5.46. The quantitative estimate of drug-likeness (QED) is 0.264. The Morgan fingerprint density at radius 1 is 0.833 bits per heavy atom. The Labute approximate surface area is 70.4 Å². The number of hydrogen-bond acceptors (Lipinski definition) is 5. The van der Waals surface area contributed by atoms with Gasteiger partial charge in [0, 0.05) is 6.04 Å². The van der Waals surface area contributed by atoms with Crippen LogP contribution in [0.3, 0.4) is 0 Å². The van der Waals surface area contributed by atoms with Crippen molar-refractivity contribution in [2.45, 2.75) is 43.3 Å². The smallest absolute Gasteiger partial charge is 0.110 e. The highest BCUT2D eigenvalue weighted by Crippen LogP contribution is 2.18. The highest BCUT2D eigenvalue weighted by molar-refractivity contribution is 4.90. The molecule has 1 fully saturated rings. The monoisotopic (exact) mass is 177 g/mol. The lowest BCUT2D eigenvalue weighted by Gasteiger charge is -2.24. The van der Waals surface area contributed by atoms with Crippen molar-refractivity contribution in [3.63, 3.8) is 0 Å². The van der Waals surface area contributed by atoms with Crippen molar-refractivity contribution in [1.82, 2.24) is 0 Å². The zero-order chi connectivity index (χ0) is 9.30. The molecule has 0 unspecified atom stereocenters. The van der Waals surface area contributed by atoms with Crippen LogP contribution in [0, 0.1) is 0 Å². The molecule has 0 aromatic carbocycles. The Balaban J connectivity index is 2.68. The number of nitrogens with two attached hydrogens (primary N) is 1. The summed E-state index contributed by atoms with van der Waals surface area (Å²) >= 11 is 0. The second-order valence-electron chi connectivity index (χ2n) is 3.28. The van der Waals surface area contributed by atoms with Crippen molar-refractivity contribution in [3.8, 4) is 0 Å². The maximum atomic E-state index is 9.27. The molecule has 72 valence electrons. The molecule has 0 amide bonds. The fourth-order valence-corrected chi connectivity index (χ4v) is 1.39. The Morgan fingerprint density at radius 3 is 2.00 bits per heavy atom. The number of hydrogen-bond donors (Lipinski definition) is 5. The Morgan fingerprint density at radius 2 is 1.42 bits per heavy atom. The van der Waals surface area contributed by atoms with E-state index in [1.807, 2.05) is 0 Å². The van der Waals surface area contributed by atoms with Crippen LogP contribution in [0.5, 0.6) is 0 Å². The molecule has 12 heavy (non-hydrogen) atoms. The number of aliphatic hydroxyl groups is 4. The van der Waals surface area contributed by atoms with Crippen molar-refractivity contribution in [2.24, 2.45) is 5.73 Å². The Kier molecular flexibility index (Phi) is 3.03. The zero-order valence-corrected chi connectivity index (χ0v) is 6.67. The van der Waals surface area contributed by atoms with E-state index >= 15 is 0 Å². The molecule has 1 saturated carbocycles. The first-order chi connectivity index (χ1) is 5.54. The van der Waals surface area contributed by atoms with Gasteiger partial charge in [0.2, 0.25) is 0 Å². The van der Waals surface area contributed by atoms with Crippen molar-refractivity contribution in [2.75, 3.05) is 0 Å². The molecular weight excluding hydrogens is 162 g/mol. The van der Waals surface area contributed by atoms with Crippen molar-refractivity contribution < 1.29 is 20.4 Å². The van der Waals surface area contributed by atoms with Crippen LogP contribution in [-0.2, 0) is 0 Å². The van der Waals surface area contributed by atoms with Crippen LogP contribution in [-0.4, -0.2) is 50.9 Å². The van der Waals surface area contributed by atoms with Gasteiger partial charge in [-0.25, -0.2) is 0 Å². The van der Waals surface area contributed by atoms with Crippen LogP contribution in [0.15, 0.2) is 0 Å². The lowest BCUT2D eigenvalue weighted by Crippen LogP contribution is -2.48. The predicted molar refractivity (Wildman–Crippen MR) is 41.2 cm³/mol. The molecular formula is C7H15NO4. The van der Waals surface area contributed by atoms with Crippen LogP contribution in [0.4, 0.5) is 0 Å². The first-order valence-electron chi connectivity index (χ1n) is 4.02. The first-order valence-corrected chi connectivity index (χ1v) is 4.02. The van der Waals surface area contributed by atoms with Crippen LogP contribution in [0.25, 0.3) is 0 Å². The van der Waals surface area contributed by atoms with Gasteiger partial charge in [-0.05, 0) is 12.8 Å². The third-order valence-electron chi connectivity index (χ3n) is 2.33. The molecule has 0 spiro atoms. The lowest BCUT2D eigenvalue weighted by molar-refractivity contribution is -0.0973. The van der Waals surface area contributed by atoms with Crippen molar-refractivity contribution in [1.29, 1.82) is 0 Å². The summed E-state index contributed by atoms with van der Waals surface area (Å²) < 4.78 is 0. The van der Waals surface area contributed by atoms with E-state index in [1.54, 1.807) is 0 Å². The molecule has 1 rings (SSSR count). The maximum absolute atomic E-state index is 9.27. The van der Waals surface area contributed by atoms with Gasteiger partial charge >= 0.3 is 0 Å². The summed E-state index contributed by atoms with van der Waals surface area (Å²) in [6.07, 6.45) is -4.10. The molecule has 6 N–H and O–H groups in total. The second kappa shape index (κ2) is 3.68. The highest BCUT2D eigenvalue weighted by atomic mass is 16.4. The molecule has 0 aromatic heterocycles. The molecule has 0 bridgehead atoms. The van der Waals surface area contributed by atoms with Crippen molar-refractivity contribution >= 4 is 0 Å². The van der Waals surface area contributed by atoms with E-state index in [0.29, 0.717) is 12.8 Å². The summed E-state index contributed by atoms with van der Waals surface area (Å²) in [4.78, 5) is 0. The molecule has 0 aromatic rings. The summed E-state index contributed by atoms with van der Waals surface area (Å²) in [6.45, 7) is 0. The van der Waals surface area contributed by atoms with Gasteiger partial charge in [-0.1, -0.05) is 0 Å². The van der Waals surface area contributed by atoms with Gasteiger partial charge in [0.25, 0.3) is 0 Å². The van der Waals surface area contributed by atoms with E-state index in [4.69, 9.17) is 5.73 Å². The molecule has 0 saturated heterocycles. The van der Waals surface area contributed by atoms with Crippen LogP contribution < -0.4 is 5.73 Å². The average molecular weight is 177 g/mol.